The molecule has 0 spiro atoms. The van der Waals surface area contributed by atoms with Gasteiger partial charge in [-0.15, -0.1) is 0 Å². The predicted molar refractivity (Wildman–Crippen MR) is 59.6 cm³/mol. The third kappa shape index (κ3) is 4.18. The van der Waals surface area contributed by atoms with Gasteiger partial charge in [-0.1, -0.05) is 6.92 Å². The summed E-state index contributed by atoms with van der Waals surface area (Å²) >= 11 is 0. The fraction of sp³-hybridized carbons (Fsp3) is 0.818. The monoisotopic (exact) mass is 228 g/mol. The van der Waals surface area contributed by atoms with Crippen molar-refractivity contribution in [1.82, 2.24) is 10.6 Å². The number of hydrogen-bond acceptors (Lipinski definition) is 3. The van der Waals surface area contributed by atoms with Crippen LogP contribution in [-0.2, 0) is 9.59 Å². The Morgan fingerprint density at radius 1 is 1.69 bits per heavy atom. The van der Waals surface area contributed by atoms with Gasteiger partial charge in [0.1, 0.15) is 0 Å². The summed E-state index contributed by atoms with van der Waals surface area (Å²) in [5.74, 6) is 0.216. The maximum atomic E-state index is 11.7. The zero-order valence-corrected chi connectivity index (χ0v) is 9.66. The summed E-state index contributed by atoms with van der Waals surface area (Å²) in [6, 6.07) is 0. The Hall–Kier alpha value is -1.10. The van der Waals surface area contributed by atoms with Crippen LogP contribution in [0.4, 0.5) is 0 Å². The number of aliphatic hydroxyl groups excluding tert-OH is 1. The molecule has 92 valence electrons. The van der Waals surface area contributed by atoms with E-state index in [2.05, 4.69) is 10.6 Å². The van der Waals surface area contributed by atoms with Crippen LogP contribution in [0, 0.1) is 11.8 Å². The average Bonchev–Trinajstić information content (AvgIpc) is 2.27. The van der Waals surface area contributed by atoms with Crippen molar-refractivity contribution >= 4 is 11.8 Å². The number of hydrogen-bond donors (Lipinski definition) is 3. The Labute approximate surface area is 95.6 Å². The first kappa shape index (κ1) is 13.0. The van der Waals surface area contributed by atoms with Crippen molar-refractivity contribution in [2.45, 2.75) is 26.2 Å². The molecule has 0 aromatic carbocycles. The van der Waals surface area contributed by atoms with Gasteiger partial charge in [-0.25, -0.2) is 0 Å². The Morgan fingerprint density at radius 2 is 2.44 bits per heavy atom. The summed E-state index contributed by atoms with van der Waals surface area (Å²) < 4.78 is 0. The second-order valence-corrected chi connectivity index (χ2v) is 4.40. The normalized spacial score (nSPS) is 22.4. The summed E-state index contributed by atoms with van der Waals surface area (Å²) in [7, 11) is 0. The van der Waals surface area contributed by atoms with Crippen molar-refractivity contribution in [2.24, 2.45) is 11.8 Å². The quantitative estimate of drug-likeness (QED) is 0.601. The number of carbonyl (C=O) groups is 2. The molecule has 1 fully saturated rings. The molecule has 2 amide bonds. The summed E-state index contributed by atoms with van der Waals surface area (Å²) in [4.78, 5) is 22.6. The lowest BCUT2D eigenvalue weighted by atomic mass is 9.98. The lowest BCUT2D eigenvalue weighted by molar-refractivity contribution is -0.129. The van der Waals surface area contributed by atoms with E-state index in [0.29, 0.717) is 32.4 Å². The van der Waals surface area contributed by atoms with E-state index in [-0.39, 0.29) is 30.3 Å². The molecule has 0 aromatic rings. The van der Waals surface area contributed by atoms with E-state index in [1.165, 1.54) is 0 Å². The maximum Gasteiger partial charge on any atom is 0.224 e. The SMILES string of the molecule is CC(CCO)CNC(=O)C1CCC(=O)NC1. The molecule has 0 aliphatic carbocycles. The molecule has 5 nitrogen and oxygen atoms in total. The van der Waals surface area contributed by atoms with Crippen molar-refractivity contribution < 1.29 is 14.7 Å². The Balaban J connectivity index is 2.22. The third-order valence-corrected chi connectivity index (χ3v) is 2.88. The van der Waals surface area contributed by atoms with Crippen LogP contribution in [0.3, 0.4) is 0 Å². The van der Waals surface area contributed by atoms with Gasteiger partial charge in [0, 0.05) is 26.1 Å². The molecule has 16 heavy (non-hydrogen) atoms. The largest absolute Gasteiger partial charge is 0.396 e. The molecule has 1 saturated heterocycles. The molecule has 5 heteroatoms. The van der Waals surface area contributed by atoms with E-state index >= 15 is 0 Å². The van der Waals surface area contributed by atoms with E-state index in [1.54, 1.807) is 0 Å². The van der Waals surface area contributed by atoms with Crippen LogP contribution in [0.2, 0.25) is 0 Å². The van der Waals surface area contributed by atoms with Gasteiger partial charge >= 0.3 is 0 Å². The van der Waals surface area contributed by atoms with E-state index in [0.717, 1.165) is 0 Å². The molecule has 1 aliphatic heterocycles. The van der Waals surface area contributed by atoms with Crippen LogP contribution in [-0.4, -0.2) is 36.6 Å². The molecule has 0 aromatic heterocycles. The number of piperidine rings is 1. The molecule has 3 N–H and O–H groups in total. The lowest BCUT2D eigenvalue weighted by Crippen LogP contribution is -2.43. The average molecular weight is 228 g/mol. The molecular formula is C11H20N2O3. The summed E-state index contributed by atoms with van der Waals surface area (Å²) in [5.41, 5.74) is 0. The Bertz CT molecular complexity index is 246. The fourth-order valence-corrected chi connectivity index (χ4v) is 1.70. The summed E-state index contributed by atoms with van der Waals surface area (Å²) in [6.07, 6.45) is 1.76. The number of aliphatic hydroxyl groups is 1. The number of nitrogens with one attached hydrogen (secondary N) is 2. The lowest BCUT2D eigenvalue weighted by Gasteiger charge is -2.22. The molecule has 2 atom stereocenters. The highest BCUT2D eigenvalue weighted by atomic mass is 16.3. The van der Waals surface area contributed by atoms with Gasteiger partial charge in [0.2, 0.25) is 11.8 Å². The van der Waals surface area contributed by atoms with Crippen LogP contribution < -0.4 is 10.6 Å². The predicted octanol–water partition coefficient (Wildman–Crippen LogP) is -0.353. The van der Waals surface area contributed by atoms with Crippen LogP contribution in [0.15, 0.2) is 0 Å². The highest BCUT2D eigenvalue weighted by Gasteiger charge is 2.24. The molecule has 0 saturated carbocycles. The van der Waals surface area contributed by atoms with E-state index < -0.39 is 0 Å². The number of rotatable bonds is 5. The first-order valence-electron chi connectivity index (χ1n) is 5.78. The first-order valence-corrected chi connectivity index (χ1v) is 5.78. The van der Waals surface area contributed by atoms with E-state index in [9.17, 15) is 9.59 Å². The molecule has 0 bridgehead atoms. The van der Waals surface area contributed by atoms with Crippen LogP contribution in [0.5, 0.6) is 0 Å². The number of carbonyl (C=O) groups excluding carboxylic acids is 2. The van der Waals surface area contributed by atoms with Crippen LogP contribution in [0.25, 0.3) is 0 Å². The molecule has 2 unspecified atom stereocenters. The van der Waals surface area contributed by atoms with Gasteiger partial charge in [0.05, 0.1) is 5.92 Å². The zero-order valence-electron chi connectivity index (χ0n) is 9.66. The Kier molecular flexibility index (Phi) is 5.25. The molecular weight excluding hydrogens is 208 g/mol. The molecule has 0 radical (unpaired) electrons. The highest BCUT2D eigenvalue weighted by Crippen LogP contribution is 2.11. The fourth-order valence-electron chi connectivity index (χ4n) is 1.70. The second-order valence-electron chi connectivity index (χ2n) is 4.40. The summed E-state index contributed by atoms with van der Waals surface area (Å²) in [6.45, 7) is 3.17. The van der Waals surface area contributed by atoms with Gasteiger partial charge in [-0.05, 0) is 18.8 Å². The Morgan fingerprint density at radius 3 is 3.00 bits per heavy atom. The van der Waals surface area contributed by atoms with E-state index in [4.69, 9.17) is 5.11 Å². The van der Waals surface area contributed by atoms with Gasteiger partial charge in [0.25, 0.3) is 0 Å². The minimum Gasteiger partial charge on any atom is -0.396 e. The van der Waals surface area contributed by atoms with Crippen molar-refractivity contribution in [3.63, 3.8) is 0 Å². The first-order chi connectivity index (χ1) is 7.63. The molecule has 1 aliphatic rings. The maximum absolute atomic E-state index is 11.7. The van der Waals surface area contributed by atoms with Crippen molar-refractivity contribution in [3.8, 4) is 0 Å². The van der Waals surface area contributed by atoms with Gasteiger partial charge < -0.3 is 15.7 Å². The van der Waals surface area contributed by atoms with Gasteiger partial charge in [0.15, 0.2) is 0 Å². The third-order valence-electron chi connectivity index (χ3n) is 2.88. The smallest absolute Gasteiger partial charge is 0.224 e. The molecule has 1 heterocycles. The van der Waals surface area contributed by atoms with Crippen molar-refractivity contribution in [3.05, 3.63) is 0 Å². The standard InChI is InChI=1S/C11H20N2O3/c1-8(4-5-14)6-13-11(16)9-2-3-10(15)12-7-9/h8-9,14H,2-7H2,1H3,(H,12,15)(H,13,16). The molecule has 1 rings (SSSR count). The second kappa shape index (κ2) is 6.48. The minimum atomic E-state index is -0.0981. The van der Waals surface area contributed by atoms with Gasteiger partial charge in [-0.3, -0.25) is 9.59 Å². The van der Waals surface area contributed by atoms with E-state index in [1.807, 2.05) is 6.92 Å². The van der Waals surface area contributed by atoms with Crippen molar-refractivity contribution in [1.29, 1.82) is 0 Å². The van der Waals surface area contributed by atoms with Gasteiger partial charge in [-0.2, -0.15) is 0 Å². The van der Waals surface area contributed by atoms with Crippen LogP contribution >= 0.6 is 0 Å². The minimum absolute atomic E-state index is 0.00443. The zero-order chi connectivity index (χ0) is 12.0. The topological polar surface area (TPSA) is 78.4 Å². The van der Waals surface area contributed by atoms with Crippen molar-refractivity contribution in [2.75, 3.05) is 19.7 Å². The summed E-state index contributed by atoms with van der Waals surface area (Å²) in [5, 5.41) is 14.3. The highest BCUT2D eigenvalue weighted by molar-refractivity contribution is 5.83. The van der Waals surface area contributed by atoms with Crippen LogP contribution in [0.1, 0.15) is 26.2 Å². The number of amides is 2.